The first-order valence-corrected chi connectivity index (χ1v) is 11.4. The number of carbonyl (C=O) groups is 1. The third-order valence-electron chi connectivity index (χ3n) is 6.04. The average molecular weight is 462 g/mol. The highest BCUT2D eigenvalue weighted by Gasteiger charge is 2.17. The van der Waals surface area contributed by atoms with Crippen LogP contribution in [0.5, 0.6) is 0 Å². The Labute approximate surface area is 196 Å². The summed E-state index contributed by atoms with van der Waals surface area (Å²) in [6, 6.07) is 18.8. The number of hydrogen-bond acceptors (Lipinski definition) is 5. The Morgan fingerprint density at radius 2 is 1.79 bits per heavy atom. The molecule has 5 rings (SSSR count). The van der Waals surface area contributed by atoms with Crippen molar-refractivity contribution in [1.82, 2.24) is 19.6 Å². The molecule has 7 nitrogen and oxygen atoms in total. The molecule has 3 heterocycles. The van der Waals surface area contributed by atoms with Gasteiger partial charge in [0.15, 0.2) is 0 Å². The van der Waals surface area contributed by atoms with E-state index >= 15 is 0 Å². The quantitative estimate of drug-likeness (QED) is 0.462. The summed E-state index contributed by atoms with van der Waals surface area (Å²) in [6.45, 7) is 5.18. The van der Waals surface area contributed by atoms with E-state index in [-0.39, 0.29) is 11.5 Å². The fraction of sp³-hybridized carbons (Fsp3) is 0.240. The first-order valence-electron chi connectivity index (χ1n) is 11.0. The number of rotatable bonds is 5. The molecule has 1 aliphatic rings. The summed E-state index contributed by atoms with van der Waals surface area (Å²) in [5.41, 5.74) is 2.49. The lowest BCUT2D eigenvalue weighted by Crippen LogP contribution is -2.48. The second-order valence-corrected chi connectivity index (χ2v) is 8.58. The molecule has 0 unspecified atom stereocenters. The van der Waals surface area contributed by atoms with Gasteiger partial charge in [-0.2, -0.15) is 0 Å². The lowest BCUT2D eigenvalue weighted by molar-refractivity contribution is 0.0947. The fourth-order valence-corrected chi connectivity index (χ4v) is 4.38. The van der Waals surface area contributed by atoms with Gasteiger partial charge >= 0.3 is 0 Å². The molecule has 1 saturated heterocycles. The molecule has 0 bridgehead atoms. The summed E-state index contributed by atoms with van der Waals surface area (Å²) in [5, 5.41) is 3.86. The number of halogens is 1. The second kappa shape index (κ2) is 9.21. The topological polar surface area (TPSA) is 70.0 Å². The minimum atomic E-state index is -0.247. The molecule has 1 aliphatic heterocycles. The van der Waals surface area contributed by atoms with Crippen molar-refractivity contribution in [3.8, 4) is 0 Å². The van der Waals surface area contributed by atoms with Gasteiger partial charge in [-0.3, -0.25) is 18.9 Å². The highest BCUT2D eigenvalue weighted by atomic mass is 35.5. The highest BCUT2D eigenvalue weighted by Crippen LogP contribution is 2.17. The number of hydrogen-bond donors (Lipinski definition) is 1. The first kappa shape index (κ1) is 21.4. The summed E-state index contributed by atoms with van der Waals surface area (Å²) in [6.07, 6.45) is 1.54. The van der Waals surface area contributed by atoms with Crippen LogP contribution in [0.1, 0.15) is 10.4 Å². The van der Waals surface area contributed by atoms with E-state index in [1.165, 1.54) is 10.1 Å². The molecule has 8 heteroatoms. The summed E-state index contributed by atoms with van der Waals surface area (Å²) in [5.74, 6) is -0.210. The molecule has 2 aromatic heterocycles. The van der Waals surface area contributed by atoms with Crippen molar-refractivity contribution >= 4 is 39.7 Å². The SMILES string of the molecule is O=C(NCCN1CCN(c2ccccc2)CC1)c1ccc2nc3ccc(Cl)cc3c(=O)n2c1. The van der Waals surface area contributed by atoms with Crippen LogP contribution in [0.15, 0.2) is 71.7 Å². The maximum Gasteiger partial charge on any atom is 0.265 e. The molecule has 0 atom stereocenters. The van der Waals surface area contributed by atoms with Crippen molar-refractivity contribution in [3.05, 3.63) is 87.8 Å². The third kappa shape index (κ3) is 4.55. The van der Waals surface area contributed by atoms with Crippen LogP contribution in [-0.4, -0.2) is 59.5 Å². The zero-order valence-corrected chi connectivity index (χ0v) is 18.8. The molecule has 0 spiro atoms. The van der Waals surface area contributed by atoms with E-state index < -0.39 is 0 Å². The number of amides is 1. The molecular weight excluding hydrogens is 438 g/mol. The summed E-state index contributed by atoms with van der Waals surface area (Å²) in [4.78, 5) is 34.8. The normalized spacial score (nSPS) is 14.6. The Balaban J connectivity index is 1.20. The molecule has 1 amide bonds. The number of anilines is 1. The van der Waals surface area contributed by atoms with Gasteiger partial charge in [-0.25, -0.2) is 4.98 Å². The number of pyridine rings is 1. The molecule has 0 aliphatic carbocycles. The Kier molecular flexibility index (Phi) is 5.98. The number of carbonyl (C=O) groups excluding carboxylic acids is 1. The van der Waals surface area contributed by atoms with Gasteiger partial charge in [0, 0.05) is 56.2 Å². The Bertz CT molecular complexity index is 1360. The van der Waals surface area contributed by atoms with Crippen LogP contribution in [0.2, 0.25) is 5.02 Å². The van der Waals surface area contributed by atoms with Gasteiger partial charge in [-0.1, -0.05) is 29.8 Å². The van der Waals surface area contributed by atoms with Gasteiger partial charge in [-0.05, 0) is 42.5 Å². The van der Waals surface area contributed by atoms with Crippen LogP contribution < -0.4 is 15.8 Å². The van der Waals surface area contributed by atoms with Crippen molar-refractivity contribution in [2.75, 3.05) is 44.2 Å². The molecule has 1 N–H and O–H groups in total. The van der Waals surface area contributed by atoms with Gasteiger partial charge in [-0.15, -0.1) is 0 Å². The monoisotopic (exact) mass is 461 g/mol. The maximum atomic E-state index is 12.9. The summed E-state index contributed by atoms with van der Waals surface area (Å²) < 4.78 is 1.40. The minimum Gasteiger partial charge on any atom is -0.369 e. The molecule has 168 valence electrons. The van der Waals surface area contributed by atoms with Gasteiger partial charge in [0.05, 0.1) is 16.5 Å². The number of para-hydroxylation sites is 1. The highest BCUT2D eigenvalue weighted by molar-refractivity contribution is 6.31. The molecule has 0 saturated carbocycles. The molecule has 33 heavy (non-hydrogen) atoms. The number of aromatic nitrogens is 2. The van der Waals surface area contributed by atoms with Gasteiger partial charge in [0.1, 0.15) is 5.65 Å². The zero-order valence-electron chi connectivity index (χ0n) is 18.1. The Morgan fingerprint density at radius 3 is 2.58 bits per heavy atom. The molecule has 2 aromatic carbocycles. The molecule has 0 radical (unpaired) electrons. The van der Waals surface area contributed by atoms with Gasteiger partial charge in [0.25, 0.3) is 11.5 Å². The van der Waals surface area contributed by atoms with E-state index in [2.05, 4.69) is 44.4 Å². The number of piperazine rings is 1. The second-order valence-electron chi connectivity index (χ2n) is 8.14. The van der Waals surface area contributed by atoms with Crippen molar-refractivity contribution in [3.63, 3.8) is 0 Å². The van der Waals surface area contributed by atoms with Crippen LogP contribution in [0.25, 0.3) is 16.6 Å². The number of fused-ring (bicyclic) bond motifs is 2. The lowest BCUT2D eigenvalue weighted by atomic mass is 10.2. The molecular formula is C25H24ClN5O2. The largest absolute Gasteiger partial charge is 0.369 e. The summed E-state index contributed by atoms with van der Waals surface area (Å²) >= 11 is 6.04. The maximum absolute atomic E-state index is 12.9. The van der Waals surface area contributed by atoms with Crippen molar-refractivity contribution < 1.29 is 4.79 Å². The van der Waals surface area contributed by atoms with Crippen LogP contribution in [0, 0.1) is 0 Å². The predicted molar refractivity (Wildman–Crippen MR) is 131 cm³/mol. The van der Waals surface area contributed by atoms with E-state index in [0.717, 1.165) is 32.7 Å². The van der Waals surface area contributed by atoms with E-state index in [1.807, 2.05) is 6.07 Å². The smallest absolute Gasteiger partial charge is 0.265 e. The molecule has 1 fully saturated rings. The third-order valence-corrected chi connectivity index (χ3v) is 6.27. The van der Waals surface area contributed by atoms with Crippen LogP contribution in [-0.2, 0) is 0 Å². The Morgan fingerprint density at radius 1 is 1.00 bits per heavy atom. The molecule has 4 aromatic rings. The van der Waals surface area contributed by atoms with Crippen LogP contribution >= 0.6 is 11.6 Å². The van der Waals surface area contributed by atoms with Crippen molar-refractivity contribution in [2.45, 2.75) is 0 Å². The van der Waals surface area contributed by atoms with Crippen LogP contribution in [0.3, 0.4) is 0 Å². The number of benzene rings is 2. The standard InChI is InChI=1S/C25H24ClN5O2/c26-19-7-8-22-21(16-19)25(33)31-17-18(6-9-23(31)28-22)24(32)27-10-11-29-12-14-30(15-13-29)20-4-2-1-3-5-20/h1-9,16-17H,10-15H2,(H,27,32). The fourth-order valence-electron chi connectivity index (χ4n) is 4.21. The summed E-state index contributed by atoms with van der Waals surface area (Å²) in [7, 11) is 0. The van der Waals surface area contributed by atoms with Crippen molar-refractivity contribution in [2.24, 2.45) is 0 Å². The first-order chi connectivity index (χ1) is 16.1. The Hall–Kier alpha value is -3.42. The van der Waals surface area contributed by atoms with Gasteiger partial charge < -0.3 is 10.2 Å². The average Bonchev–Trinajstić information content (AvgIpc) is 2.85. The minimum absolute atomic E-state index is 0.210. The van der Waals surface area contributed by atoms with Crippen molar-refractivity contribution in [1.29, 1.82) is 0 Å². The van der Waals surface area contributed by atoms with Crippen LogP contribution in [0.4, 0.5) is 5.69 Å². The predicted octanol–water partition coefficient (Wildman–Crippen LogP) is 3.05. The van der Waals surface area contributed by atoms with E-state index in [1.54, 1.807) is 36.5 Å². The number of nitrogens with one attached hydrogen (secondary N) is 1. The van der Waals surface area contributed by atoms with Gasteiger partial charge in [0.2, 0.25) is 0 Å². The van der Waals surface area contributed by atoms with E-state index in [9.17, 15) is 9.59 Å². The van der Waals surface area contributed by atoms with E-state index in [4.69, 9.17) is 11.6 Å². The lowest BCUT2D eigenvalue weighted by Gasteiger charge is -2.36. The van der Waals surface area contributed by atoms with E-state index in [0.29, 0.717) is 33.7 Å². The zero-order chi connectivity index (χ0) is 22.8. The number of nitrogens with zero attached hydrogens (tertiary/aromatic N) is 4.